The number of carbonyl (C=O) groups excluding carboxylic acids is 1. The average Bonchev–Trinajstić information content (AvgIpc) is 2.17. The van der Waals surface area contributed by atoms with Gasteiger partial charge < -0.3 is 4.74 Å². The van der Waals surface area contributed by atoms with Crippen molar-refractivity contribution in [3.63, 3.8) is 0 Å². The first-order chi connectivity index (χ1) is 8.19. The second-order valence-electron chi connectivity index (χ2n) is 4.21. The number of Topliss-reactive ketones (excluding diaryl/α,β-unsaturated/α-hetero) is 1. The van der Waals surface area contributed by atoms with E-state index in [4.69, 9.17) is 0 Å². The van der Waals surface area contributed by atoms with Crippen LogP contribution in [0, 0.1) is 5.92 Å². The van der Waals surface area contributed by atoms with Crippen molar-refractivity contribution >= 4 is 21.7 Å². The number of hydrogen-bond acceptors (Lipinski definition) is 2. The fraction of sp³-hybridized carbons (Fsp3) is 0.417. The molecule has 0 atom stereocenters. The first kappa shape index (κ1) is 15.0. The fourth-order valence-corrected chi connectivity index (χ4v) is 1.86. The summed E-state index contributed by atoms with van der Waals surface area (Å²) in [5.41, 5.74) is 0.199. The highest BCUT2D eigenvalue weighted by atomic mass is 79.9. The van der Waals surface area contributed by atoms with Crippen molar-refractivity contribution in [1.82, 2.24) is 0 Å². The highest BCUT2D eigenvalue weighted by molar-refractivity contribution is 9.10. The zero-order chi connectivity index (χ0) is 13.9. The Morgan fingerprint density at radius 2 is 2.00 bits per heavy atom. The molecule has 2 nitrogen and oxygen atoms in total. The van der Waals surface area contributed by atoms with E-state index >= 15 is 0 Å². The Bertz CT molecular complexity index is 441. The molecule has 0 aliphatic heterocycles. The van der Waals surface area contributed by atoms with Crippen LogP contribution in [0.2, 0.25) is 0 Å². The lowest BCUT2D eigenvalue weighted by atomic mass is 10.0. The van der Waals surface area contributed by atoms with Gasteiger partial charge in [-0.05, 0) is 24.1 Å². The minimum absolute atomic E-state index is 0.136. The minimum atomic E-state index is -4.76. The van der Waals surface area contributed by atoms with Crippen LogP contribution in [0.3, 0.4) is 0 Å². The second-order valence-corrected chi connectivity index (χ2v) is 5.06. The lowest BCUT2D eigenvalue weighted by Gasteiger charge is -2.11. The summed E-state index contributed by atoms with van der Waals surface area (Å²) >= 11 is 3.14. The van der Waals surface area contributed by atoms with Gasteiger partial charge in [0.05, 0.1) is 0 Å². The molecule has 0 amide bonds. The number of carbonyl (C=O) groups is 1. The third-order valence-corrected chi connectivity index (χ3v) is 2.76. The molecule has 0 N–H and O–H groups in total. The van der Waals surface area contributed by atoms with Gasteiger partial charge in [-0.3, -0.25) is 4.79 Å². The molecule has 0 heterocycles. The molecule has 0 radical (unpaired) electrons. The van der Waals surface area contributed by atoms with E-state index in [1.165, 1.54) is 6.07 Å². The number of alkyl halides is 3. The summed E-state index contributed by atoms with van der Waals surface area (Å²) in [5, 5.41) is 0. The van der Waals surface area contributed by atoms with E-state index in [1.54, 1.807) is 0 Å². The van der Waals surface area contributed by atoms with Gasteiger partial charge in [0.15, 0.2) is 5.78 Å². The summed E-state index contributed by atoms with van der Waals surface area (Å²) in [4.78, 5) is 11.8. The van der Waals surface area contributed by atoms with Crippen LogP contribution in [0.4, 0.5) is 13.2 Å². The van der Waals surface area contributed by atoms with Gasteiger partial charge in [-0.1, -0.05) is 29.8 Å². The summed E-state index contributed by atoms with van der Waals surface area (Å²) in [5.74, 6) is -0.473. The van der Waals surface area contributed by atoms with Crippen LogP contribution in [-0.4, -0.2) is 12.1 Å². The van der Waals surface area contributed by atoms with Crippen LogP contribution in [0.15, 0.2) is 22.7 Å². The standard InChI is InChI=1S/C12H12BrF3O2/c1-7(2)5-11(17)9-6-8(3-4-10(9)13)18-12(14,15)16/h3-4,6-7H,5H2,1-2H3. The van der Waals surface area contributed by atoms with Crippen molar-refractivity contribution in [3.05, 3.63) is 28.2 Å². The minimum Gasteiger partial charge on any atom is -0.406 e. The molecule has 0 fully saturated rings. The number of ketones is 1. The smallest absolute Gasteiger partial charge is 0.406 e. The number of hydrogen-bond donors (Lipinski definition) is 0. The van der Waals surface area contributed by atoms with Gasteiger partial charge in [-0.15, -0.1) is 13.2 Å². The summed E-state index contributed by atoms with van der Waals surface area (Å²) in [6, 6.07) is 3.63. The zero-order valence-electron chi connectivity index (χ0n) is 9.84. The molecule has 0 aromatic heterocycles. The van der Waals surface area contributed by atoms with Crippen molar-refractivity contribution in [2.24, 2.45) is 5.92 Å². The van der Waals surface area contributed by atoms with Gasteiger partial charge in [0.1, 0.15) is 5.75 Å². The number of rotatable bonds is 4. The van der Waals surface area contributed by atoms with Crippen LogP contribution in [-0.2, 0) is 0 Å². The Morgan fingerprint density at radius 3 is 2.50 bits per heavy atom. The number of benzene rings is 1. The van der Waals surface area contributed by atoms with Crippen LogP contribution in [0.1, 0.15) is 30.6 Å². The number of ether oxygens (including phenoxy) is 1. The first-order valence-corrected chi connectivity index (χ1v) is 6.07. The SMILES string of the molecule is CC(C)CC(=O)c1cc(OC(F)(F)F)ccc1Br. The topological polar surface area (TPSA) is 26.3 Å². The molecule has 0 spiro atoms. The highest BCUT2D eigenvalue weighted by Gasteiger charge is 2.31. The highest BCUT2D eigenvalue weighted by Crippen LogP contribution is 2.28. The maximum Gasteiger partial charge on any atom is 0.573 e. The maximum absolute atomic E-state index is 12.1. The van der Waals surface area contributed by atoms with Crippen LogP contribution in [0.25, 0.3) is 0 Å². The van der Waals surface area contributed by atoms with E-state index in [0.717, 1.165) is 12.1 Å². The van der Waals surface area contributed by atoms with E-state index in [0.29, 0.717) is 4.47 Å². The first-order valence-electron chi connectivity index (χ1n) is 5.27. The molecule has 1 aromatic carbocycles. The molecule has 0 aliphatic carbocycles. The van der Waals surface area contributed by atoms with Gasteiger partial charge in [0.25, 0.3) is 0 Å². The fourth-order valence-electron chi connectivity index (χ4n) is 1.40. The third-order valence-electron chi connectivity index (χ3n) is 2.07. The Labute approximate surface area is 111 Å². The van der Waals surface area contributed by atoms with E-state index in [2.05, 4.69) is 20.7 Å². The van der Waals surface area contributed by atoms with Crippen LogP contribution in [0.5, 0.6) is 5.75 Å². The monoisotopic (exact) mass is 324 g/mol. The molecule has 100 valence electrons. The molecular weight excluding hydrogens is 313 g/mol. The average molecular weight is 325 g/mol. The predicted molar refractivity (Wildman–Crippen MR) is 64.6 cm³/mol. The lowest BCUT2D eigenvalue weighted by Crippen LogP contribution is -2.17. The van der Waals surface area contributed by atoms with Gasteiger partial charge >= 0.3 is 6.36 Å². The third kappa shape index (κ3) is 4.68. The van der Waals surface area contributed by atoms with E-state index in [-0.39, 0.29) is 23.7 Å². The normalized spacial score (nSPS) is 11.7. The quantitative estimate of drug-likeness (QED) is 0.758. The maximum atomic E-state index is 12.1. The number of halogens is 4. The molecule has 0 aliphatic rings. The molecule has 0 bridgehead atoms. The van der Waals surface area contributed by atoms with Crippen molar-refractivity contribution in [3.8, 4) is 5.75 Å². The summed E-state index contributed by atoms with van der Waals surface area (Å²) in [6.07, 6.45) is -4.49. The zero-order valence-corrected chi connectivity index (χ0v) is 11.4. The summed E-state index contributed by atoms with van der Waals surface area (Å²) < 4.78 is 40.4. The summed E-state index contributed by atoms with van der Waals surface area (Å²) in [6.45, 7) is 3.73. The predicted octanol–water partition coefficient (Wildman–Crippen LogP) is 4.58. The Balaban J connectivity index is 2.98. The molecule has 0 saturated carbocycles. The van der Waals surface area contributed by atoms with Gasteiger partial charge in [0, 0.05) is 16.5 Å². The van der Waals surface area contributed by atoms with Crippen molar-refractivity contribution < 1.29 is 22.7 Å². The van der Waals surface area contributed by atoms with E-state index in [9.17, 15) is 18.0 Å². The molecule has 0 unspecified atom stereocenters. The molecule has 1 aromatic rings. The lowest BCUT2D eigenvalue weighted by molar-refractivity contribution is -0.274. The van der Waals surface area contributed by atoms with Crippen molar-refractivity contribution in [1.29, 1.82) is 0 Å². The van der Waals surface area contributed by atoms with Crippen molar-refractivity contribution in [2.75, 3.05) is 0 Å². The Morgan fingerprint density at radius 1 is 1.39 bits per heavy atom. The second kappa shape index (κ2) is 5.73. The Hall–Kier alpha value is -1.04. The van der Waals surface area contributed by atoms with Gasteiger partial charge in [-0.2, -0.15) is 0 Å². The van der Waals surface area contributed by atoms with E-state index < -0.39 is 12.1 Å². The molecule has 6 heteroatoms. The van der Waals surface area contributed by atoms with Crippen molar-refractivity contribution in [2.45, 2.75) is 26.6 Å². The van der Waals surface area contributed by atoms with E-state index in [1.807, 2.05) is 13.8 Å². The van der Waals surface area contributed by atoms with Crippen LogP contribution >= 0.6 is 15.9 Å². The Kier molecular flexibility index (Phi) is 4.78. The largest absolute Gasteiger partial charge is 0.573 e. The molecule has 1 rings (SSSR count). The molecule has 18 heavy (non-hydrogen) atoms. The van der Waals surface area contributed by atoms with Gasteiger partial charge in [-0.25, -0.2) is 0 Å². The molecule has 0 saturated heterocycles. The van der Waals surface area contributed by atoms with Crippen LogP contribution < -0.4 is 4.74 Å². The summed E-state index contributed by atoms with van der Waals surface area (Å²) in [7, 11) is 0. The molecular formula is C12H12BrF3O2. The van der Waals surface area contributed by atoms with Gasteiger partial charge in [0.2, 0.25) is 0 Å².